The fourth-order valence-corrected chi connectivity index (χ4v) is 3.48. The zero-order chi connectivity index (χ0) is 14.1. The summed E-state index contributed by atoms with van der Waals surface area (Å²) < 4.78 is 11.5. The van der Waals surface area contributed by atoms with Crippen LogP contribution < -0.4 is 5.32 Å². The summed E-state index contributed by atoms with van der Waals surface area (Å²) in [6.07, 6.45) is 7.68. The van der Waals surface area contributed by atoms with Crippen molar-refractivity contribution in [2.45, 2.75) is 69.9 Å². The third kappa shape index (κ3) is 2.37. The number of hydrogen-bond donors (Lipinski definition) is 1. The Morgan fingerprint density at radius 1 is 1.25 bits per heavy atom. The number of nitrogens with one attached hydrogen (secondary N) is 1. The molecule has 3 rings (SSSR count). The van der Waals surface area contributed by atoms with Crippen LogP contribution in [-0.2, 0) is 15.9 Å². The minimum atomic E-state index is -0.369. The van der Waals surface area contributed by atoms with Gasteiger partial charge in [-0.05, 0) is 52.0 Å². The molecule has 0 spiro atoms. The van der Waals surface area contributed by atoms with Crippen molar-refractivity contribution in [1.29, 1.82) is 0 Å². The fourth-order valence-electron chi connectivity index (χ4n) is 3.48. The second-order valence-electron chi connectivity index (χ2n) is 6.32. The van der Waals surface area contributed by atoms with Gasteiger partial charge in [-0.15, -0.1) is 0 Å². The van der Waals surface area contributed by atoms with Gasteiger partial charge < -0.3 is 14.6 Å². The molecule has 0 aromatic carbocycles. The Morgan fingerprint density at radius 3 is 2.80 bits per heavy atom. The molecule has 1 aromatic heterocycles. The Bertz CT molecular complexity index is 446. The lowest BCUT2D eigenvalue weighted by molar-refractivity contribution is -0.0770. The van der Waals surface area contributed by atoms with Crippen LogP contribution in [0.15, 0.2) is 4.52 Å². The summed E-state index contributed by atoms with van der Waals surface area (Å²) in [5.41, 5.74) is -0.475. The van der Waals surface area contributed by atoms with E-state index in [1.165, 1.54) is 12.8 Å². The maximum Gasteiger partial charge on any atom is 0.247 e. The molecular formula is C15H25N3O2. The molecule has 0 radical (unpaired) electrons. The number of hydrogen-bond acceptors (Lipinski definition) is 5. The molecule has 1 N–H and O–H groups in total. The second-order valence-corrected chi connectivity index (χ2v) is 6.32. The molecule has 112 valence electrons. The molecule has 5 heteroatoms. The monoisotopic (exact) mass is 279 g/mol. The molecule has 2 aliphatic heterocycles. The molecule has 5 nitrogen and oxygen atoms in total. The van der Waals surface area contributed by atoms with Crippen LogP contribution in [0.2, 0.25) is 0 Å². The number of rotatable bonds is 4. The minimum absolute atomic E-state index is 0.106. The number of ether oxygens (including phenoxy) is 1. The van der Waals surface area contributed by atoms with E-state index in [2.05, 4.69) is 24.3 Å². The second kappa shape index (κ2) is 5.45. The van der Waals surface area contributed by atoms with E-state index < -0.39 is 0 Å². The lowest BCUT2D eigenvalue weighted by atomic mass is 9.91. The van der Waals surface area contributed by atoms with E-state index in [-0.39, 0.29) is 11.1 Å². The Labute approximate surface area is 120 Å². The molecule has 3 heterocycles. The van der Waals surface area contributed by atoms with Crippen molar-refractivity contribution in [3.05, 3.63) is 11.7 Å². The number of aromatic nitrogens is 2. The van der Waals surface area contributed by atoms with Crippen molar-refractivity contribution in [1.82, 2.24) is 15.5 Å². The van der Waals surface area contributed by atoms with Crippen LogP contribution in [0.5, 0.6) is 0 Å². The number of nitrogens with zero attached hydrogens (tertiary/aromatic N) is 2. The van der Waals surface area contributed by atoms with E-state index in [0.717, 1.165) is 57.0 Å². The van der Waals surface area contributed by atoms with Gasteiger partial charge in [-0.2, -0.15) is 4.98 Å². The third-order valence-electron chi connectivity index (χ3n) is 4.70. The third-order valence-corrected chi connectivity index (χ3v) is 4.70. The highest BCUT2D eigenvalue weighted by Gasteiger charge is 2.42. The van der Waals surface area contributed by atoms with Gasteiger partial charge in [0.05, 0.1) is 5.54 Å². The van der Waals surface area contributed by atoms with Crippen molar-refractivity contribution in [3.8, 4) is 0 Å². The van der Waals surface area contributed by atoms with E-state index in [0.29, 0.717) is 0 Å². The Hall–Kier alpha value is -0.940. The first-order chi connectivity index (χ1) is 9.69. The van der Waals surface area contributed by atoms with Gasteiger partial charge in [0.15, 0.2) is 0 Å². The van der Waals surface area contributed by atoms with Crippen LogP contribution >= 0.6 is 0 Å². The normalized spacial score (nSPS) is 34.5. The highest BCUT2D eigenvalue weighted by Crippen LogP contribution is 2.37. The summed E-state index contributed by atoms with van der Waals surface area (Å²) >= 11 is 0. The van der Waals surface area contributed by atoms with Crippen LogP contribution in [0, 0.1) is 0 Å². The first-order valence-electron chi connectivity index (χ1n) is 7.92. The molecule has 2 aliphatic rings. The van der Waals surface area contributed by atoms with E-state index in [4.69, 9.17) is 14.2 Å². The van der Waals surface area contributed by atoms with Gasteiger partial charge in [0.2, 0.25) is 11.7 Å². The molecule has 0 aliphatic carbocycles. The molecule has 0 saturated carbocycles. The lowest BCUT2D eigenvalue weighted by Gasteiger charge is -2.30. The highest BCUT2D eigenvalue weighted by molar-refractivity contribution is 5.10. The Balaban J connectivity index is 1.85. The van der Waals surface area contributed by atoms with Crippen LogP contribution in [0.1, 0.15) is 70.5 Å². The molecule has 0 bridgehead atoms. The summed E-state index contributed by atoms with van der Waals surface area (Å²) in [5.74, 6) is 1.47. The van der Waals surface area contributed by atoms with E-state index in [9.17, 15) is 0 Å². The SMILES string of the molecule is CCCC1(c2nc(C3(C)CCCCO3)no2)CCCN1. The summed E-state index contributed by atoms with van der Waals surface area (Å²) in [5, 5.41) is 7.81. The molecule has 0 amide bonds. The maximum absolute atomic E-state index is 5.91. The van der Waals surface area contributed by atoms with Gasteiger partial charge in [0.1, 0.15) is 5.60 Å². The average molecular weight is 279 g/mol. The van der Waals surface area contributed by atoms with Crippen LogP contribution in [-0.4, -0.2) is 23.3 Å². The molecule has 2 saturated heterocycles. The van der Waals surface area contributed by atoms with Crippen LogP contribution in [0.25, 0.3) is 0 Å². The van der Waals surface area contributed by atoms with Crippen molar-refractivity contribution in [3.63, 3.8) is 0 Å². The Kier molecular flexibility index (Phi) is 3.82. The van der Waals surface area contributed by atoms with Gasteiger partial charge in [0, 0.05) is 6.61 Å². The van der Waals surface area contributed by atoms with Gasteiger partial charge >= 0.3 is 0 Å². The van der Waals surface area contributed by atoms with Crippen molar-refractivity contribution in [2.24, 2.45) is 0 Å². The summed E-state index contributed by atoms with van der Waals surface area (Å²) in [6, 6.07) is 0. The molecular weight excluding hydrogens is 254 g/mol. The fraction of sp³-hybridized carbons (Fsp3) is 0.867. The van der Waals surface area contributed by atoms with Crippen molar-refractivity contribution < 1.29 is 9.26 Å². The molecule has 20 heavy (non-hydrogen) atoms. The first kappa shape index (κ1) is 14.0. The largest absolute Gasteiger partial charge is 0.367 e. The van der Waals surface area contributed by atoms with E-state index >= 15 is 0 Å². The van der Waals surface area contributed by atoms with Gasteiger partial charge in [-0.25, -0.2) is 0 Å². The van der Waals surface area contributed by atoms with Gasteiger partial charge in [-0.1, -0.05) is 18.5 Å². The van der Waals surface area contributed by atoms with Crippen molar-refractivity contribution in [2.75, 3.05) is 13.2 Å². The Morgan fingerprint density at radius 2 is 2.15 bits per heavy atom. The molecule has 1 aromatic rings. The standard InChI is InChI=1S/C15H25N3O2/c1-3-7-15(9-6-10-16-15)13-17-12(18-20-13)14(2)8-4-5-11-19-14/h16H,3-11H2,1-2H3. The van der Waals surface area contributed by atoms with Crippen LogP contribution in [0.4, 0.5) is 0 Å². The summed E-state index contributed by atoms with van der Waals surface area (Å²) in [6.45, 7) is 6.10. The summed E-state index contributed by atoms with van der Waals surface area (Å²) in [7, 11) is 0. The summed E-state index contributed by atoms with van der Waals surface area (Å²) in [4.78, 5) is 4.71. The topological polar surface area (TPSA) is 60.2 Å². The maximum atomic E-state index is 5.91. The molecule has 2 fully saturated rings. The minimum Gasteiger partial charge on any atom is -0.367 e. The van der Waals surface area contributed by atoms with E-state index in [1.54, 1.807) is 0 Å². The first-order valence-corrected chi connectivity index (χ1v) is 7.92. The molecule has 2 unspecified atom stereocenters. The quantitative estimate of drug-likeness (QED) is 0.918. The highest BCUT2D eigenvalue weighted by atomic mass is 16.5. The zero-order valence-electron chi connectivity index (χ0n) is 12.6. The molecule has 2 atom stereocenters. The predicted molar refractivity (Wildman–Crippen MR) is 75.3 cm³/mol. The van der Waals surface area contributed by atoms with Gasteiger partial charge in [-0.3, -0.25) is 0 Å². The van der Waals surface area contributed by atoms with Crippen molar-refractivity contribution >= 4 is 0 Å². The van der Waals surface area contributed by atoms with E-state index in [1.807, 2.05) is 0 Å². The van der Waals surface area contributed by atoms with Crippen LogP contribution in [0.3, 0.4) is 0 Å². The lowest BCUT2D eigenvalue weighted by Crippen LogP contribution is -2.37. The zero-order valence-corrected chi connectivity index (χ0v) is 12.6. The predicted octanol–water partition coefficient (Wildman–Crippen LogP) is 2.86. The smallest absolute Gasteiger partial charge is 0.247 e. The average Bonchev–Trinajstić information content (AvgIpc) is 3.09. The van der Waals surface area contributed by atoms with Gasteiger partial charge in [0.25, 0.3) is 0 Å².